The van der Waals surface area contributed by atoms with Crippen molar-refractivity contribution >= 4 is 12.0 Å². The van der Waals surface area contributed by atoms with Crippen molar-refractivity contribution < 1.29 is 14.3 Å². The molecule has 0 spiro atoms. The van der Waals surface area contributed by atoms with Gasteiger partial charge in [-0.05, 0) is 39.0 Å². The Hall–Kier alpha value is -2.52. The fourth-order valence-electron chi connectivity index (χ4n) is 1.40. The lowest BCUT2D eigenvalue weighted by molar-refractivity contribution is 0.0535. The molecule has 0 aliphatic rings. The van der Waals surface area contributed by atoms with Gasteiger partial charge in [0.2, 0.25) is 0 Å². The van der Waals surface area contributed by atoms with Crippen LogP contribution in [-0.2, 0) is 4.74 Å². The number of rotatable bonds is 2. The summed E-state index contributed by atoms with van der Waals surface area (Å²) in [5.41, 5.74) is 2.59. The summed E-state index contributed by atoms with van der Waals surface area (Å²) in [6.07, 6.45) is -0.520. The van der Waals surface area contributed by atoms with Gasteiger partial charge in [-0.25, -0.2) is 10.6 Å². The molecule has 0 saturated carbocycles. The molecule has 6 heteroatoms. The Bertz CT molecular complexity index is 580. The fourth-order valence-corrected chi connectivity index (χ4v) is 1.40. The molecule has 2 amide bonds. The molecule has 0 bridgehead atoms. The number of nitrogen functional groups attached to an aromatic ring is 1. The van der Waals surface area contributed by atoms with Crippen LogP contribution in [0.4, 0.5) is 4.79 Å². The monoisotopic (exact) mass is 289 g/mol. The zero-order chi connectivity index (χ0) is 15.9. The maximum absolute atomic E-state index is 11.4. The molecule has 0 heterocycles. The van der Waals surface area contributed by atoms with E-state index in [0.717, 1.165) is 0 Å². The van der Waals surface area contributed by atoms with Gasteiger partial charge < -0.3 is 10.1 Å². The zero-order valence-corrected chi connectivity index (χ0v) is 12.3. The SMILES string of the molecule is CC(C)(C)OC(=O)NCC#Cc1cccc(C(=O)NN)c1. The second-order valence-electron chi connectivity index (χ2n) is 5.21. The zero-order valence-electron chi connectivity index (χ0n) is 12.3. The highest BCUT2D eigenvalue weighted by Crippen LogP contribution is 2.06. The quantitative estimate of drug-likeness (QED) is 0.330. The van der Waals surface area contributed by atoms with E-state index in [4.69, 9.17) is 10.6 Å². The average molecular weight is 289 g/mol. The summed E-state index contributed by atoms with van der Waals surface area (Å²) < 4.78 is 5.07. The molecule has 4 N–H and O–H groups in total. The van der Waals surface area contributed by atoms with E-state index < -0.39 is 11.7 Å². The van der Waals surface area contributed by atoms with Crippen molar-refractivity contribution in [3.8, 4) is 11.8 Å². The van der Waals surface area contributed by atoms with Gasteiger partial charge in [0.05, 0.1) is 6.54 Å². The highest BCUT2D eigenvalue weighted by molar-refractivity contribution is 5.94. The molecular weight excluding hydrogens is 270 g/mol. The van der Waals surface area contributed by atoms with Gasteiger partial charge in [-0.2, -0.15) is 0 Å². The third kappa shape index (κ3) is 6.45. The third-order valence-electron chi connectivity index (χ3n) is 2.21. The van der Waals surface area contributed by atoms with Crippen LogP contribution in [0, 0.1) is 11.8 Å². The van der Waals surface area contributed by atoms with Gasteiger partial charge in [-0.15, -0.1) is 0 Å². The van der Waals surface area contributed by atoms with E-state index in [-0.39, 0.29) is 12.5 Å². The Morgan fingerprint density at radius 2 is 2.05 bits per heavy atom. The summed E-state index contributed by atoms with van der Waals surface area (Å²) in [5, 5.41) is 2.52. The normalized spacial score (nSPS) is 10.1. The van der Waals surface area contributed by atoms with Crippen molar-refractivity contribution in [2.24, 2.45) is 5.84 Å². The number of alkyl carbamates (subject to hydrolysis) is 1. The molecule has 6 nitrogen and oxygen atoms in total. The van der Waals surface area contributed by atoms with Crippen molar-refractivity contribution in [1.29, 1.82) is 0 Å². The average Bonchev–Trinajstić information content (AvgIpc) is 2.41. The number of nitrogens with two attached hydrogens (primary N) is 1. The Morgan fingerprint density at radius 1 is 1.33 bits per heavy atom. The van der Waals surface area contributed by atoms with Crippen LogP contribution in [0.3, 0.4) is 0 Å². The summed E-state index contributed by atoms with van der Waals surface area (Å²) >= 11 is 0. The van der Waals surface area contributed by atoms with Gasteiger partial charge in [0.25, 0.3) is 5.91 Å². The summed E-state index contributed by atoms with van der Waals surface area (Å²) in [6, 6.07) is 6.71. The minimum Gasteiger partial charge on any atom is -0.444 e. The number of nitrogens with one attached hydrogen (secondary N) is 2. The Kier molecular flexibility index (Phi) is 5.76. The van der Waals surface area contributed by atoms with Gasteiger partial charge in [0.1, 0.15) is 5.60 Å². The predicted molar refractivity (Wildman–Crippen MR) is 79.2 cm³/mol. The molecule has 1 rings (SSSR count). The largest absolute Gasteiger partial charge is 0.444 e. The molecule has 0 fully saturated rings. The maximum Gasteiger partial charge on any atom is 0.408 e. The first-order chi connectivity index (χ1) is 9.81. The first kappa shape index (κ1) is 16.5. The Labute approximate surface area is 124 Å². The molecule has 21 heavy (non-hydrogen) atoms. The van der Waals surface area contributed by atoms with Crippen LogP contribution in [-0.4, -0.2) is 24.1 Å². The first-order valence-corrected chi connectivity index (χ1v) is 6.38. The lowest BCUT2D eigenvalue weighted by atomic mass is 10.1. The van der Waals surface area contributed by atoms with Crippen LogP contribution in [0.5, 0.6) is 0 Å². The molecule has 1 aromatic carbocycles. The Morgan fingerprint density at radius 3 is 2.67 bits per heavy atom. The highest BCUT2D eigenvalue weighted by Gasteiger charge is 2.14. The van der Waals surface area contributed by atoms with E-state index in [1.165, 1.54) is 0 Å². The standard InChI is InChI=1S/C15H19N3O3/c1-15(2,3)21-14(20)17-9-5-7-11-6-4-8-12(10-11)13(19)18-16/h4,6,8,10H,9,16H2,1-3H3,(H,17,20)(H,18,19). The second kappa shape index (κ2) is 7.31. The summed E-state index contributed by atoms with van der Waals surface area (Å²) in [7, 11) is 0. The molecule has 112 valence electrons. The molecule has 1 aromatic rings. The summed E-state index contributed by atoms with van der Waals surface area (Å²) in [4.78, 5) is 22.7. The maximum atomic E-state index is 11.4. The third-order valence-corrected chi connectivity index (χ3v) is 2.21. The lowest BCUT2D eigenvalue weighted by Crippen LogP contribution is -2.32. The van der Waals surface area contributed by atoms with Gasteiger partial charge in [0.15, 0.2) is 0 Å². The number of hydrogen-bond acceptors (Lipinski definition) is 4. The number of benzene rings is 1. The van der Waals surface area contributed by atoms with Gasteiger partial charge in [0, 0.05) is 11.1 Å². The molecule has 0 aliphatic heterocycles. The second-order valence-corrected chi connectivity index (χ2v) is 5.21. The highest BCUT2D eigenvalue weighted by atomic mass is 16.6. The van der Waals surface area contributed by atoms with Crippen molar-refractivity contribution in [2.75, 3.05) is 6.54 Å². The van der Waals surface area contributed by atoms with E-state index in [9.17, 15) is 9.59 Å². The van der Waals surface area contributed by atoms with Crippen LogP contribution in [0.25, 0.3) is 0 Å². The van der Waals surface area contributed by atoms with Gasteiger partial charge in [-0.1, -0.05) is 17.9 Å². The number of ether oxygens (including phenoxy) is 1. The van der Waals surface area contributed by atoms with E-state index in [2.05, 4.69) is 22.6 Å². The van der Waals surface area contributed by atoms with E-state index in [1.807, 2.05) is 0 Å². The van der Waals surface area contributed by atoms with Gasteiger partial charge in [-0.3, -0.25) is 10.2 Å². The minimum atomic E-state index is -0.540. The van der Waals surface area contributed by atoms with Crippen LogP contribution in [0.15, 0.2) is 24.3 Å². The first-order valence-electron chi connectivity index (χ1n) is 6.38. The number of carbonyl (C=O) groups is 2. The number of amides is 2. The van der Waals surface area contributed by atoms with E-state index >= 15 is 0 Å². The Balaban J connectivity index is 2.56. The van der Waals surface area contributed by atoms with Crippen molar-refractivity contribution in [1.82, 2.24) is 10.7 Å². The molecule has 0 atom stereocenters. The van der Waals surface area contributed by atoms with Gasteiger partial charge >= 0.3 is 6.09 Å². The van der Waals surface area contributed by atoms with Crippen molar-refractivity contribution in [3.63, 3.8) is 0 Å². The molecule has 0 unspecified atom stereocenters. The van der Waals surface area contributed by atoms with Crippen molar-refractivity contribution in [3.05, 3.63) is 35.4 Å². The predicted octanol–water partition coefficient (Wildman–Crippen LogP) is 1.17. The summed E-state index contributed by atoms with van der Waals surface area (Å²) in [6.45, 7) is 5.51. The minimum absolute atomic E-state index is 0.155. The van der Waals surface area contributed by atoms with Crippen LogP contribution in [0.1, 0.15) is 36.7 Å². The molecular formula is C15H19N3O3. The van der Waals surface area contributed by atoms with E-state index in [0.29, 0.717) is 11.1 Å². The molecule has 0 radical (unpaired) electrons. The van der Waals surface area contributed by atoms with Crippen LogP contribution < -0.4 is 16.6 Å². The number of hydrazine groups is 1. The smallest absolute Gasteiger partial charge is 0.408 e. The van der Waals surface area contributed by atoms with Crippen molar-refractivity contribution in [2.45, 2.75) is 26.4 Å². The van der Waals surface area contributed by atoms with E-state index in [1.54, 1.807) is 45.0 Å². The fraction of sp³-hybridized carbons (Fsp3) is 0.333. The van der Waals surface area contributed by atoms with Crippen LogP contribution >= 0.6 is 0 Å². The lowest BCUT2D eigenvalue weighted by Gasteiger charge is -2.18. The molecule has 0 aliphatic carbocycles. The van der Waals surface area contributed by atoms with Crippen LogP contribution in [0.2, 0.25) is 0 Å². The number of carbonyl (C=O) groups excluding carboxylic acids is 2. The molecule has 0 aromatic heterocycles. The summed E-state index contributed by atoms with van der Waals surface area (Å²) in [5.74, 6) is 10.3. The molecule has 0 saturated heterocycles. The number of hydrogen-bond donors (Lipinski definition) is 3. The topological polar surface area (TPSA) is 93.4 Å².